The number of nitrogens with one attached hydrogen (secondary N) is 1. The average molecular weight is 167 g/mol. The second kappa shape index (κ2) is 4.66. The maximum atomic E-state index is 4.80. The minimum absolute atomic E-state index is 0.609. The SMILES string of the molecule is C/C=C/CNCc1noc(C)n1. The van der Waals surface area contributed by atoms with Gasteiger partial charge in [0, 0.05) is 13.5 Å². The Labute approximate surface area is 71.7 Å². The van der Waals surface area contributed by atoms with Gasteiger partial charge >= 0.3 is 0 Å². The van der Waals surface area contributed by atoms with E-state index in [2.05, 4.69) is 15.5 Å². The van der Waals surface area contributed by atoms with Crippen molar-refractivity contribution in [3.05, 3.63) is 23.9 Å². The van der Waals surface area contributed by atoms with Gasteiger partial charge in [0.2, 0.25) is 5.89 Å². The topological polar surface area (TPSA) is 51.0 Å². The summed E-state index contributed by atoms with van der Waals surface area (Å²) in [5.74, 6) is 1.31. The van der Waals surface area contributed by atoms with Crippen LogP contribution in [0.4, 0.5) is 0 Å². The van der Waals surface area contributed by atoms with Gasteiger partial charge in [0.05, 0.1) is 6.54 Å². The number of aryl methyl sites for hydroxylation is 1. The number of aromatic nitrogens is 2. The van der Waals surface area contributed by atoms with Crippen LogP contribution in [0, 0.1) is 6.92 Å². The first kappa shape index (κ1) is 8.93. The molecule has 0 fully saturated rings. The van der Waals surface area contributed by atoms with Gasteiger partial charge in [-0.2, -0.15) is 4.98 Å². The summed E-state index contributed by atoms with van der Waals surface area (Å²) in [6.07, 6.45) is 4.03. The van der Waals surface area contributed by atoms with E-state index in [1.807, 2.05) is 19.1 Å². The summed E-state index contributed by atoms with van der Waals surface area (Å²) in [5, 5.41) is 6.88. The summed E-state index contributed by atoms with van der Waals surface area (Å²) >= 11 is 0. The molecule has 1 heterocycles. The maximum absolute atomic E-state index is 4.80. The van der Waals surface area contributed by atoms with Crippen molar-refractivity contribution in [3.8, 4) is 0 Å². The molecule has 0 atom stereocenters. The molecule has 0 aromatic carbocycles. The molecule has 0 saturated carbocycles. The zero-order valence-electron chi connectivity index (χ0n) is 7.37. The predicted octanol–water partition coefficient (Wildman–Crippen LogP) is 1.04. The van der Waals surface area contributed by atoms with Gasteiger partial charge in [-0.1, -0.05) is 17.3 Å². The van der Waals surface area contributed by atoms with E-state index >= 15 is 0 Å². The first-order valence-electron chi connectivity index (χ1n) is 3.94. The molecule has 4 nitrogen and oxygen atoms in total. The van der Waals surface area contributed by atoms with Crippen LogP contribution < -0.4 is 5.32 Å². The number of allylic oxidation sites excluding steroid dienone is 1. The zero-order chi connectivity index (χ0) is 8.81. The van der Waals surface area contributed by atoms with Crippen molar-refractivity contribution in [2.24, 2.45) is 0 Å². The van der Waals surface area contributed by atoms with Gasteiger partial charge in [-0.3, -0.25) is 0 Å². The van der Waals surface area contributed by atoms with E-state index in [0.29, 0.717) is 18.3 Å². The van der Waals surface area contributed by atoms with Crippen LogP contribution in [0.1, 0.15) is 18.6 Å². The van der Waals surface area contributed by atoms with Crippen molar-refractivity contribution in [2.45, 2.75) is 20.4 Å². The lowest BCUT2D eigenvalue weighted by molar-refractivity contribution is 0.386. The Bertz CT molecular complexity index is 255. The molecule has 1 rings (SSSR count). The van der Waals surface area contributed by atoms with Gasteiger partial charge in [0.25, 0.3) is 0 Å². The van der Waals surface area contributed by atoms with Gasteiger partial charge in [0.15, 0.2) is 5.82 Å². The van der Waals surface area contributed by atoms with E-state index in [9.17, 15) is 0 Å². The van der Waals surface area contributed by atoms with Crippen LogP contribution >= 0.6 is 0 Å². The molecule has 0 amide bonds. The molecular weight excluding hydrogens is 154 g/mol. The van der Waals surface area contributed by atoms with E-state index in [1.165, 1.54) is 0 Å². The third-order valence-corrected chi connectivity index (χ3v) is 1.35. The highest BCUT2D eigenvalue weighted by Crippen LogP contribution is 1.93. The predicted molar refractivity (Wildman–Crippen MR) is 45.6 cm³/mol. The Kier molecular flexibility index (Phi) is 3.47. The molecule has 4 heteroatoms. The lowest BCUT2D eigenvalue weighted by atomic mass is 10.5. The fourth-order valence-corrected chi connectivity index (χ4v) is 0.798. The molecule has 1 N–H and O–H groups in total. The number of hydrogen-bond acceptors (Lipinski definition) is 4. The minimum atomic E-state index is 0.609. The molecule has 12 heavy (non-hydrogen) atoms. The molecule has 0 bridgehead atoms. The normalized spacial score (nSPS) is 11.2. The van der Waals surface area contributed by atoms with Crippen molar-refractivity contribution in [2.75, 3.05) is 6.54 Å². The third-order valence-electron chi connectivity index (χ3n) is 1.35. The van der Waals surface area contributed by atoms with Crippen LogP contribution in [0.15, 0.2) is 16.7 Å². The van der Waals surface area contributed by atoms with Crippen molar-refractivity contribution >= 4 is 0 Å². The Morgan fingerprint density at radius 3 is 3.00 bits per heavy atom. The minimum Gasteiger partial charge on any atom is -0.340 e. The molecule has 0 saturated heterocycles. The second-order valence-corrected chi connectivity index (χ2v) is 2.43. The fourth-order valence-electron chi connectivity index (χ4n) is 0.798. The van der Waals surface area contributed by atoms with Crippen LogP contribution in [-0.2, 0) is 6.54 Å². The van der Waals surface area contributed by atoms with Crippen LogP contribution in [0.25, 0.3) is 0 Å². The summed E-state index contributed by atoms with van der Waals surface area (Å²) in [7, 11) is 0. The van der Waals surface area contributed by atoms with Gasteiger partial charge in [0.1, 0.15) is 0 Å². The summed E-state index contributed by atoms with van der Waals surface area (Å²) in [6.45, 7) is 5.26. The zero-order valence-corrected chi connectivity index (χ0v) is 7.37. The highest BCUT2D eigenvalue weighted by atomic mass is 16.5. The Hall–Kier alpha value is -1.16. The van der Waals surface area contributed by atoms with Gasteiger partial charge in [-0.25, -0.2) is 0 Å². The van der Waals surface area contributed by atoms with Crippen LogP contribution in [-0.4, -0.2) is 16.7 Å². The first-order valence-corrected chi connectivity index (χ1v) is 3.94. The van der Waals surface area contributed by atoms with E-state index < -0.39 is 0 Å². The van der Waals surface area contributed by atoms with Crippen LogP contribution in [0.3, 0.4) is 0 Å². The van der Waals surface area contributed by atoms with Gasteiger partial charge in [-0.15, -0.1) is 0 Å². The van der Waals surface area contributed by atoms with E-state index in [-0.39, 0.29) is 0 Å². The maximum Gasteiger partial charge on any atom is 0.223 e. The van der Waals surface area contributed by atoms with E-state index in [4.69, 9.17) is 4.52 Å². The molecule has 1 aromatic rings. The molecule has 0 aliphatic rings. The van der Waals surface area contributed by atoms with Gasteiger partial charge in [-0.05, 0) is 6.92 Å². The lowest BCUT2D eigenvalue weighted by Gasteiger charge is -1.93. The third kappa shape index (κ3) is 2.84. The fraction of sp³-hybridized carbons (Fsp3) is 0.500. The van der Waals surface area contributed by atoms with E-state index in [1.54, 1.807) is 6.92 Å². The summed E-state index contributed by atoms with van der Waals surface area (Å²) in [6, 6.07) is 0. The van der Waals surface area contributed by atoms with Crippen molar-refractivity contribution in [1.29, 1.82) is 0 Å². The van der Waals surface area contributed by atoms with Crippen molar-refractivity contribution in [1.82, 2.24) is 15.5 Å². The largest absolute Gasteiger partial charge is 0.340 e. The molecule has 66 valence electrons. The van der Waals surface area contributed by atoms with E-state index in [0.717, 1.165) is 6.54 Å². The van der Waals surface area contributed by atoms with Gasteiger partial charge < -0.3 is 9.84 Å². The quantitative estimate of drug-likeness (QED) is 0.537. The molecule has 0 aliphatic heterocycles. The lowest BCUT2D eigenvalue weighted by Crippen LogP contribution is -2.13. The summed E-state index contributed by atoms with van der Waals surface area (Å²) < 4.78 is 4.80. The van der Waals surface area contributed by atoms with Crippen molar-refractivity contribution < 1.29 is 4.52 Å². The second-order valence-electron chi connectivity index (χ2n) is 2.43. The van der Waals surface area contributed by atoms with Crippen LogP contribution in [0.2, 0.25) is 0 Å². The Balaban J connectivity index is 2.24. The molecular formula is C8H13N3O. The van der Waals surface area contributed by atoms with Crippen molar-refractivity contribution in [3.63, 3.8) is 0 Å². The highest BCUT2D eigenvalue weighted by molar-refractivity contribution is 4.85. The molecule has 0 radical (unpaired) electrons. The monoisotopic (exact) mass is 167 g/mol. The molecule has 0 aliphatic carbocycles. The Morgan fingerprint density at radius 1 is 1.58 bits per heavy atom. The standard InChI is InChI=1S/C8H13N3O/c1-3-4-5-9-6-8-10-7(2)12-11-8/h3-4,9H,5-6H2,1-2H3/b4-3+. The number of nitrogens with zero attached hydrogens (tertiary/aromatic N) is 2. The summed E-state index contributed by atoms with van der Waals surface area (Å²) in [4.78, 5) is 4.04. The Morgan fingerprint density at radius 2 is 2.42 bits per heavy atom. The molecule has 1 aromatic heterocycles. The molecule has 0 unspecified atom stereocenters. The van der Waals surface area contributed by atoms with Crippen LogP contribution in [0.5, 0.6) is 0 Å². The average Bonchev–Trinajstić information content (AvgIpc) is 2.45. The first-order chi connectivity index (χ1) is 5.83. The number of hydrogen-bond donors (Lipinski definition) is 1. The summed E-state index contributed by atoms with van der Waals surface area (Å²) in [5.41, 5.74) is 0. The smallest absolute Gasteiger partial charge is 0.223 e. The number of rotatable bonds is 4. The highest BCUT2D eigenvalue weighted by Gasteiger charge is 1.98. The molecule has 0 spiro atoms.